The molecule has 0 atom stereocenters. The Kier molecular flexibility index (Phi) is 6.07. The van der Waals surface area contributed by atoms with Crippen LogP contribution in [0.4, 0.5) is 0 Å². The van der Waals surface area contributed by atoms with Crippen LogP contribution in [0.25, 0.3) is 0 Å². The Morgan fingerprint density at radius 2 is 1.95 bits per heavy atom. The largest absolute Gasteiger partial charge is 0.381 e. The van der Waals surface area contributed by atoms with Gasteiger partial charge in [0.25, 0.3) is 0 Å². The molecule has 0 aromatic carbocycles. The molecule has 1 amide bonds. The van der Waals surface area contributed by atoms with Gasteiger partial charge in [-0.2, -0.15) is 0 Å². The molecule has 5 heteroatoms. The molecule has 0 radical (unpaired) electrons. The van der Waals surface area contributed by atoms with Gasteiger partial charge in [-0.25, -0.2) is 0 Å². The van der Waals surface area contributed by atoms with Crippen molar-refractivity contribution in [3.05, 3.63) is 0 Å². The molecule has 0 unspecified atom stereocenters. The number of methoxy groups -OCH3 is 1. The van der Waals surface area contributed by atoms with E-state index in [2.05, 4.69) is 5.32 Å². The van der Waals surface area contributed by atoms with Gasteiger partial charge in [0.15, 0.2) is 0 Å². The Labute approximate surface area is 115 Å². The summed E-state index contributed by atoms with van der Waals surface area (Å²) in [6.45, 7) is 3.65. The Hall–Kier alpha value is -0.650. The van der Waals surface area contributed by atoms with E-state index in [0.29, 0.717) is 31.8 Å². The number of hydrogen-bond acceptors (Lipinski definition) is 4. The molecule has 5 nitrogen and oxygen atoms in total. The smallest absolute Gasteiger partial charge is 0.224 e. The number of hydrogen-bond donors (Lipinski definition) is 1. The summed E-state index contributed by atoms with van der Waals surface area (Å²) in [5.41, 5.74) is 0. The van der Waals surface area contributed by atoms with E-state index in [0.717, 1.165) is 45.3 Å². The van der Waals surface area contributed by atoms with Gasteiger partial charge in [0.1, 0.15) is 0 Å². The molecule has 19 heavy (non-hydrogen) atoms. The molecular formula is C14H26N2O3. The van der Waals surface area contributed by atoms with E-state index in [4.69, 9.17) is 9.47 Å². The number of carbonyl (C=O) groups excluding carboxylic acids is 1. The lowest BCUT2D eigenvalue weighted by atomic mass is 9.93. The minimum absolute atomic E-state index is 0.251. The van der Waals surface area contributed by atoms with E-state index in [9.17, 15) is 4.79 Å². The predicted octanol–water partition coefficient (Wildman–Crippen LogP) is 0.783. The summed E-state index contributed by atoms with van der Waals surface area (Å²) in [5, 5.41) is 3.50. The molecule has 0 spiro atoms. The highest BCUT2D eigenvalue weighted by Crippen LogP contribution is 2.20. The average Bonchev–Trinajstić information content (AvgIpc) is 2.49. The van der Waals surface area contributed by atoms with Gasteiger partial charge in [0, 0.05) is 39.2 Å². The van der Waals surface area contributed by atoms with Crippen LogP contribution in [0.1, 0.15) is 32.1 Å². The van der Waals surface area contributed by atoms with Gasteiger partial charge in [0.05, 0.1) is 19.3 Å². The monoisotopic (exact) mass is 270 g/mol. The van der Waals surface area contributed by atoms with Crippen LogP contribution in [0.5, 0.6) is 0 Å². The van der Waals surface area contributed by atoms with E-state index >= 15 is 0 Å². The van der Waals surface area contributed by atoms with Crippen LogP contribution >= 0.6 is 0 Å². The maximum Gasteiger partial charge on any atom is 0.224 e. The molecule has 2 aliphatic rings. The topological polar surface area (TPSA) is 50.8 Å². The number of nitrogens with one attached hydrogen (secondary N) is 1. The van der Waals surface area contributed by atoms with Crippen LogP contribution in [0.15, 0.2) is 0 Å². The maximum absolute atomic E-state index is 11.9. The fraction of sp³-hybridized carbons (Fsp3) is 0.929. The number of nitrogens with zero attached hydrogens (tertiary/aromatic N) is 1. The highest BCUT2D eigenvalue weighted by molar-refractivity contribution is 5.76. The van der Waals surface area contributed by atoms with Crippen molar-refractivity contribution in [3.63, 3.8) is 0 Å². The summed E-state index contributed by atoms with van der Waals surface area (Å²) < 4.78 is 10.6. The number of morpholine rings is 1. The van der Waals surface area contributed by atoms with Crippen LogP contribution in [-0.4, -0.2) is 62.9 Å². The van der Waals surface area contributed by atoms with E-state index in [1.165, 1.54) is 0 Å². The highest BCUT2D eigenvalue weighted by atomic mass is 16.5. The first-order chi connectivity index (χ1) is 9.29. The zero-order valence-corrected chi connectivity index (χ0v) is 11.9. The Morgan fingerprint density at radius 3 is 2.58 bits per heavy atom. The normalized spacial score (nSPS) is 28.4. The summed E-state index contributed by atoms with van der Waals surface area (Å²) in [5.74, 6) is 0.251. The van der Waals surface area contributed by atoms with Crippen molar-refractivity contribution < 1.29 is 14.3 Å². The molecular weight excluding hydrogens is 244 g/mol. The van der Waals surface area contributed by atoms with Crippen molar-refractivity contribution in [1.82, 2.24) is 10.2 Å². The van der Waals surface area contributed by atoms with Crippen LogP contribution in [0, 0.1) is 0 Å². The molecule has 0 bridgehead atoms. The molecule has 1 saturated heterocycles. The van der Waals surface area contributed by atoms with Crippen molar-refractivity contribution in [1.29, 1.82) is 0 Å². The Morgan fingerprint density at radius 1 is 1.26 bits per heavy atom. The molecule has 1 heterocycles. The number of rotatable bonds is 5. The molecule has 2 fully saturated rings. The van der Waals surface area contributed by atoms with Crippen molar-refractivity contribution >= 4 is 5.91 Å². The minimum Gasteiger partial charge on any atom is -0.381 e. The van der Waals surface area contributed by atoms with E-state index in [-0.39, 0.29) is 5.91 Å². The molecule has 1 aliphatic heterocycles. The third-order valence-electron chi connectivity index (χ3n) is 4.14. The lowest BCUT2D eigenvalue weighted by molar-refractivity contribution is -0.135. The standard InChI is InChI=1S/C14H26N2O3/c1-18-13-4-2-12(3-5-13)15-7-6-14(17)16-8-10-19-11-9-16/h12-13,15H,2-11H2,1H3. The molecule has 0 aromatic heterocycles. The summed E-state index contributed by atoms with van der Waals surface area (Å²) >= 11 is 0. The average molecular weight is 270 g/mol. The number of carbonyl (C=O) groups is 1. The molecule has 110 valence electrons. The predicted molar refractivity (Wildman–Crippen MR) is 73.1 cm³/mol. The Bertz CT molecular complexity index is 272. The number of ether oxygens (including phenoxy) is 2. The van der Waals surface area contributed by atoms with Gasteiger partial charge in [-0.3, -0.25) is 4.79 Å². The SMILES string of the molecule is COC1CCC(NCCC(=O)N2CCOCC2)CC1. The van der Waals surface area contributed by atoms with E-state index in [1.807, 2.05) is 4.90 Å². The minimum atomic E-state index is 0.251. The Balaban J connectivity index is 1.57. The van der Waals surface area contributed by atoms with Crippen molar-refractivity contribution in [2.75, 3.05) is 40.0 Å². The second-order valence-corrected chi connectivity index (χ2v) is 5.41. The zero-order chi connectivity index (χ0) is 13.5. The first-order valence-electron chi connectivity index (χ1n) is 7.41. The molecule has 1 saturated carbocycles. The van der Waals surface area contributed by atoms with E-state index in [1.54, 1.807) is 7.11 Å². The molecule has 0 aromatic rings. The summed E-state index contributed by atoms with van der Waals surface area (Å²) in [7, 11) is 1.79. The van der Waals surface area contributed by atoms with Gasteiger partial charge in [-0.05, 0) is 25.7 Å². The van der Waals surface area contributed by atoms with Crippen LogP contribution in [0.2, 0.25) is 0 Å². The summed E-state index contributed by atoms with van der Waals surface area (Å²) in [6.07, 6.45) is 5.61. The lowest BCUT2D eigenvalue weighted by Crippen LogP contribution is -2.42. The summed E-state index contributed by atoms with van der Waals surface area (Å²) in [6, 6.07) is 0.559. The quantitative estimate of drug-likeness (QED) is 0.802. The summed E-state index contributed by atoms with van der Waals surface area (Å²) in [4.78, 5) is 13.9. The van der Waals surface area contributed by atoms with Crippen LogP contribution < -0.4 is 5.32 Å². The third kappa shape index (κ3) is 4.75. The van der Waals surface area contributed by atoms with Crippen molar-refractivity contribution in [2.45, 2.75) is 44.2 Å². The molecule has 1 aliphatic carbocycles. The van der Waals surface area contributed by atoms with Gasteiger partial charge in [-0.15, -0.1) is 0 Å². The maximum atomic E-state index is 11.9. The fourth-order valence-corrected chi connectivity index (χ4v) is 2.86. The lowest BCUT2D eigenvalue weighted by Gasteiger charge is -2.29. The third-order valence-corrected chi connectivity index (χ3v) is 4.14. The zero-order valence-electron chi connectivity index (χ0n) is 11.9. The second kappa shape index (κ2) is 7.82. The van der Waals surface area contributed by atoms with Gasteiger partial charge >= 0.3 is 0 Å². The van der Waals surface area contributed by atoms with Crippen molar-refractivity contribution in [3.8, 4) is 0 Å². The van der Waals surface area contributed by atoms with Gasteiger partial charge < -0.3 is 19.7 Å². The van der Waals surface area contributed by atoms with Gasteiger partial charge in [0.2, 0.25) is 5.91 Å². The first kappa shape index (κ1) is 14.8. The fourth-order valence-electron chi connectivity index (χ4n) is 2.86. The van der Waals surface area contributed by atoms with E-state index < -0.39 is 0 Å². The number of amides is 1. The van der Waals surface area contributed by atoms with Crippen LogP contribution in [-0.2, 0) is 14.3 Å². The highest BCUT2D eigenvalue weighted by Gasteiger charge is 2.21. The molecule has 2 rings (SSSR count). The van der Waals surface area contributed by atoms with Gasteiger partial charge in [-0.1, -0.05) is 0 Å². The first-order valence-corrected chi connectivity index (χ1v) is 7.41. The van der Waals surface area contributed by atoms with Crippen molar-refractivity contribution in [2.24, 2.45) is 0 Å². The molecule has 1 N–H and O–H groups in total. The second-order valence-electron chi connectivity index (χ2n) is 5.41. The van der Waals surface area contributed by atoms with Crippen LogP contribution in [0.3, 0.4) is 0 Å².